The summed E-state index contributed by atoms with van der Waals surface area (Å²) in [5, 5.41) is 0. The second-order valence-corrected chi connectivity index (χ2v) is 10.1. The van der Waals surface area contributed by atoms with Crippen LogP contribution in [0, 0.1) is 23.2 Å². The first-order chi connectivity index (χ1) is 12.5. The summed E-state index contributed by atoms with van der Waals surface area (Å²) in [6.45, 7) is 4.14. The average molecular weight is 353 g/mol. The van der Waals surface area contributed by atoms with Crippen molar-refractivity contribution >= 4 is 5.91 Å². The third-order valence-electron chi connectivity index (χ3n) is 8.32. The highest BCUT2D eigenvalue weighted by Gasteiger charge is 2.59. The highest BCUT2D eigenvalue weighted by Crippen LogP contribution is 2.66. The molecular formula is C23H32N2O. The smallest absolute Gasteiger partial charge is 0.226 e. The Bertz CT molecular complexity index is 703. The summed E-state index contributed by atoms with van der Waals surface area (Å²) in [4.78, 5) is 15.4. The fourth-order valence-corrected chi connectivity index (χ4v) is 7.48. The van der Waals surface area contributed by atoms with Gasteiger partial charge in [0, 0.05) is 25.0 Å². The summed E-state index contributed by atoms with van der Waals surface area (Å²) in [5.41, 5.74) is 8.31. The van der Waals surface area contributed by atoms with E-state index in [9.17, 15) is 4.79 Å². The molecular weight excluding hydrogens is 320 g/mol. The van der Waals surface area contributed by atoms with Crippen LogP contribution in [0.2, 0.25) is 0 Å². The van der Waals surface area contributed by atoms with Gasteiger partial charge in [0.15, 0.2) is 0 Å². The molecule has 3 saturated carbocycles. The van der Waals surface area contributed by atoms with E-state index in [0.29, 0.717) is 28.6 Å². The number of hydrogen-bond donors (Lipinski definition) is 1. The number of carbonyl (C=O) groups is 1. The van der Waals surface area contributed by atoms with Crippen molar-refractivity contribution in [1.82, 2.24) is 4.90 Å². The van der Waals surface area contributed by atoms with E-state index in [1.165, 1.54) is 32.1 Å². The first-order valence-electron chi connectivity index (χ1n) is 10.6. The largest absolute Gasteiger partial charge is 0.341 e. The van der Waals surface area contributed by atoms with E-state index in [2.05, 4.69) is 42.2 Å². The molecule has 3 nitrogen and oxygen atoms in total. The summed E-state index contributed by atoms with van der Waals surface area (Å²) in [6, 6.07) is 11.4. The number of rotatable bonds is 2. The van der Waals surface area contributed by atoms with E-state index in [1.54, 1.807) is 5.56 Å². The van der Waals surface area contributed by atoms with E-state index in [1.807, 2.05) is 0 Å². The van der Waals surface area contributed by atoms with Gasteiger partial charge in [0.1, 0.15) is 0 Å². The number of benzene rings is 1. The minimum atomic E-state index is 0.190. The van der Waals surface area contributed by atoms with Crippen molar-refractivity contribution in [3.05, 3.63) is 35.9 Å². The van der Waals surface area contributed by atoms with Gasteiger partial charge in [-0.25, -0.2) is 0 Å². The van der Waals surface area contributed by atoms with Crippen LogP contribution in [0.15, 0.2) is 30.3 Å². The number of hydrogen-bond acceptors (Lipinski definition) is 2. The molecule has 4 aliphatic rings. The predicted molar refractivity (Wildman–Crippen MR) is 104 cm³/mol. The molecule has 6 atom stereocenters. The Morgan fingerprint density at radius 2 is 2.00 bits per heavy atom. The molecule has 4 fully saturated rings. The number of carbonyl (C=O) groups excluding carboxylic acids is 1. The fourth-order valence-electron chi connectivity index (χ4n) is 7.48. The average Bonchev–Trinajstić information content (AvgIpc) is 3.05. The highest BCUT2D eigenvalue weighted by molar-refractivity contribution is 5.80. The van der Waals surface area contributed by atoms with Crippen molar-refractivity contribution in [2.24, 2.45) is 28.9 Å². The van der Waals surface area contributed by atoms with Crippen LogP contribution in [0.25, 0.3) is 0 Å². The molecule has 0 spiro atoms. The molecule has 0 radical (unpaired) electrons. The highest BCUT2D eigenvalue weighted by atomic mass is 16.2. The third kappa shape index (κ3) is 2.46. The Morgan fingerprint density at radius 3 is 2.73 bits per heavy atom. The molecule has 1 aromatic rings. The van der Waals surface area contributed by atoms with Gasteiger partial charge in [0.25, 0.3) is 0 Å². The zero-order valence-corrected chi connectivity index (χ0v) is 16.0. The maximum Gasteiger partial charge on any atom is 0.226 e. The SMILES string of the molecule is C[C@]12CC3CC(C(=O)N4CC[C@H](N)C4)C1CC[C@@](c1ccccc1)(C3)C2. The molecule has 3 unspecified atom stereocenters. The second kappa shape index (κ2) is 5.82. The van der Waals surface area contributed by atoms with Gasteiger partial charge in [0.05, 0.1) is 0 Å². The van der Waals surface area contributed by atoms with Crippen molar-refractivity contribution in [3.8, 4) is 0 Å². The molecule has 1 saturated heterocycles. The summed E-state index contributed by atoms with van der Waals surface area (Å²) >= 11 is 0. The van der Waals surface area contributed by atoms with Gasteiger partial charge in [0.2, 0.25) is 5.91 Å². The van der Waals surface area contributed by atoms with Gasteiger partial charge in [-0.2, -0.15) is 0 Å². The van der Waals surface area contributed by atoms with Gasteiger partial charge in [-0.05, 0) is 73.2 Å². The molecule has 1 aromatic carbocycles. The zero-order valence-electron chi connectivity index (χ0n) is 16.0. The molecule has 0 aromatic heterocycles. The molecule has 2 N–H and O–H groups in total. The Balaban J connectivity index is 1.44. The zero-order chi connectivity index (χ0) is 17.9. The van der Waals surface area contributed by atoms with Crippen LogP contribution in [0.1, 0.15) is 57.4 Å². The molecule has 140 valence electrons. The van der Waals surface area contributed by atoms with Crippen LogP contribution in [0.4, 0.5) is 0 Å². The summed E-state index contributed by atoms with van der Waals surface area (Å²) in [7, 11) is 0. The first-order valence-corrected chi connectivity index (χ1v) is 10.6. The monoisotopic (exact) mass is 352 g/mol. The lowest BCUT2D eigenvalue weighted by Gasteiger charge is -2.62. The normalized spacial score (nSPS) is 44.3. The molecule has 3 aliphatic carbocycles. The first kappa shape index (κ1) is 16.8. The Labute approximate surface area is 157 Å². The third-order valence-corrected chi connectivity index (χ3v) is 8.32. The Morgan fingerprint density at radius 1 is 1.19 bits per heavy atom. The topological polar surface area (TPSA) is 46.3 Å². The van der Waals surface area contributed by atoms with E-state index in [4.69, 9.17) is 5.73 Å². The van der Waals surface area contributed by atoms with Crippen molar-refractivity contribution < 1.29 is 4.79 Å². The van der Waals surface area contributed by atoms with Crippen LogP contribution in [0.3, 0.4) is 0 Å². The second-order valence-electron chi connectivity index (χ2n) is 10.1. The van der Waals surface area contributed by atoms with Crippen LogP contribution in [-0.2, 0) is 10.2 Å². The summed E-state index contributed by atoms with van der Waals surface area (Å²) in [5.74, 6) is 1.95. The number of fused-ring (bicyclic) bond motifs is 2. The maximum atomic E-state index is 13.3. The van der Waals surface area contributed by atoms with Gasteiger partial charge in [-0.1, -0.05) is 37.3 Å². The van der Waals surface area contributed by atoms with Crippen LogP contribution in [-0.4, -0.2) is 29.9 Å². The quantitative estimate of drug-likeness (QED) is 0.882. The molecule has 3 bridgehead atoms. The van der Waals surface area contributed by atoms with E-state index in [-0.39, 0.29) is 12.0 Å². The minimum Gasteiger partial charge on any atom is -0.341 e. The number of likely N-dealkylation sites (tertiary alicyclic amines) is 1. The van der Waals surface area contributed by atoms with Crippen LogP contribution >= 0.6 is 0 Å². The van der Waals surface area contributed by atoms with Gasteiger partial charge in [-0.15, -0.1) is 0 Å². The lowest BCUT2D eigenvalue weighted by molar-refractivity contribution is -0.152. The van der Waals surface area contributed by atoms with Crippen molar-refractivity contribution in [3.63, 3.8) is 0 Å². The van der Waals surface area contributed by atoms with E-state index >= 15 is 0 Å². The van der Waals surface area contributed by atoms with Crippen molar-refractivity contribution in [2.45, 2.75) is 63.3 Å². The molecule has 1 heterocycles. The van der Waals surface area contributed by atoms with E-state index < -0.39 is 0 Å². The van der Waals surface area contributed by atoms with Crippen LogP contribution < -0.4 is 5.73 Å². The van der Waals surface area contributed by atoms with Gasteiger partial charge >= 0.3 is 0 Å². The Kier molecular flexibility index (Phi) is 3.76. The Hall–Kier alpha value is -1.35. The summed E-state index contributed by atoms with van der Waals surface area (Å²) in [6.07, 6.45) is 8.44. The standard InChI is InChI=1S/C23H32N2O/c1-22-12-16-11-19(21(26)25-10-8-18(24)14-25)20(22)7-9-23(13-16,15-22)17-5-3-2-4-6-17/h2-6,16,18-20H,7-15,24H2,1H3/t16?,18-,19?,20?,22+,23+/m0/s1. The van der Waals surface area contributed by atoms with Crippen LogP contribution in [0.5, 0.6) is 0 Å². The van der Waals surface area contributed by atoms with Crippen molar-refractivity contribution in [2.75, 3.05) is 13.1 Å². The number of nitrogens with zero attached hydrogens (tertiary/aromatic N) is 1. The number of nitrogens with two attached hydrogens (primary N) is 1. The van der Waals surface area contributed by atoms with Gasteiger partial charge < -0.3 is 10.6 Å². The molecule has 1 amide bonds. The predicted octanol–water partition coefficient (Wildman–Crippen LogP) is 3.72. The molecule has 1 aliphatic heterocycles. The lowest BCUT2D eigenvalue weighted by Crippen LogP contribution is -2.57. The minimum absolute atomic E-state index is 0.190. The van der Waals surface area contributed by atoms with E-state index in [0.717, 1.165) is 25.9 Å². The van der Waals surface area contributed by atoms with Gasteiger partial charge in [-0.3, -0.25) is 4.79 Å². The lowest BCUT2D eigenvalue weighted by atomic mass is 9.42. The number of amides is 1. The summed E-state index contributed by atoms with van der Waals surface area (Å²) < 4.78 is 0. The fraction of sp³-hybridized carbons (Fsp3) is 0.696. The maximum absolute atomic E-state index is 13.3. The molecule has 26 heavy (non-hydrogen) atoms. The van der Waals surface area contributed by atoms with Crippen molar-refractivity contribution in [1.29, 1.82) is 0 Å². The molecule has 3 heteroatoms. The molecule has 5 rings (SSSR count).